The molecule has 276 valence electrons. The van der Waals surface area contributed by atoms with Gasteiger partial charge in [0.2, 0.25) is 0 Å². The Bertz CT molecular complexity index is 2600. The molecule has 0 atom stereocenters. The topological polar surface area (TPSA) is 249 Å². The van der Waals surface area contributed by atoms with E-state index in [0.29, 0.717) is 32.7 Å². The van der Waals surface area contributed by atoms with Crippen LogP contribution in [-0.2, 0) is 20.2 Å². The first-order valence-corrected chi connectivity index (χ1v) is 18.6. The summed E-state index contributed by atoms with van der Waals surface area (Å²) in [5.41, 5.74) is 1.36. The molecule has 6 aromatic rings. The highest BCUT2D eigenvalue weighted by molar-refractivity contribution is 7.86. The van der Waals surface area contributed by atoms with Crippen molar-refractivity contribution in [2.24, 2.45) is 0 Å². The lowest BCUT2D eigenvalue weighted by Crippen LogP contribution is -2.42. The smallest absolute Gasteiger partial charge is 0.328 e. The van der Waals surface area contributed by atoms with Crippen molar-refractivity contribution in [3.63, 3.8) is 0 Å². The quantitative estimate of drug-likeness (QED) is 0.0795. The molecular weight excluding hydrogens is 741 g/mol. The van der Waals surface area contributed by atoms with Gasteiger partial charge < -0.3 is 20.8 Å². The largest absolute Gasteiger partial charge is 0.508 e. The summed E-state index contributed by atoms with van der Waals surface area (Å²) in [6.45, 7) is 3.32. The highest BCUT2D eigenvalue weighted by Crippen LogP contribution is 2.34. The lowest BCUT2D eigenvalue weighted by atomic mass is 10.1. The van der Waals surface area contributed by atoms with E-state index in [1.165, 1.54) is 97.1 Å². The molecule has 0 aliphatic heterocycles. The van der Waals surface area contributed by atoms with Gasteiger partial charge in [-0.1, -0.05) is 24.3 Å². The van der Waals surface area contributed by atoms with Gasteiger partial charge in [-0.05, 0) is 119 Å². The first kappa shape index (κ1) is 37.2. The molecule has 8 N–H and O–H groups in total. The summed E-state index contributed by atoms with van der Waals surface area (Å²) in [7, 11) is -9.44. The van der Waals surface area contributed by atoms with E-state index >= 15 is 0 Å². The van der Waals surface area contributed by atoms with Crippen LogP contribution in [0.25, 0.3) is 21.5 Å². The fourth-order valence-corrected chi connectivity index (χ4v) is 6.95. The summed E-state index contributed by atoms with van der Waals surface area (Å²) in [6.07, 6.45) is 0. The van der Waals surface area contributed by atoms with E-state index in [2.05, 4.69) is 21.3 Å². The molecule has 0 heterocycles. The van der Waals surface area contributed by atoms with Crippen molar-refractivity contribution in [1.82, 2.24) is 10.6 Å². The zero-order chi connectivity index (χ0) is 39.1. The fraction of sp³-hybridized carbons (Fsp3) is 0.0541. The molecule has 0 saturated carbocycles. The van der Waals surface area contributed by atoms with Crippen LogP contribution in [0.3, 0.4) is 0 Å². The van der Waals surface area contributed by atoms with Crippen LogP contribution in [0.15, 0.2) is 107 Å². The van der Waals surface area contributed by atoms with E-state index in [1.807, 2.05) is 0 Å². The first-order chi connectivity index (χ1) is 25.3. The van der Waals surface area contributed by atoms with E-state index in [-0.39, 0.29) is 45.4 Å². The van der Waals surface area contributed by atoms with Crippen molar-refractivity contribution >= 4 is 82.4 Å². The van der Waals surface area contributed by atoms with E-state index in [0.717, 1.165) is 0 Å². The summed E-state index contributed by atoms with van der Waals surface area (Å²) in [5.74, 6) is -1.99. The van der Waals surface area contributed by atoms with Gasteiger partial charge in [-0.15, -0.1) is 0 Å². The Balaban J connectivity index is 1.19. The third-order valence-corrected chi connectivity index (χ3v) is 10.2. The maximum Gasteiger partial charge on any atom is 0.328 e. The van der Waals surface area contributed by atoms with Crippen molar-refractivity contribution in [2.45, 2.75) is 23.6 Å². The normalized spacial score (nSPS) is 11.6. The van der Waals surface area contributed by atoms with Gasteiger partial charge in [0, 0.05) is 22.5 Å². The molecule has 4 amide bonds. The Kier molecular flexibility index (Phi) is 9.74. The number of aromatic hydroxyl groups is 2. The van der Waals surface area contributed by atoms with Crippen molar-refractivity contribution in [3.05, 3.63) is 119 Å². The van der Waals surface area contributed by atoms with Crippen LogP contribution in [0.5, 0.6) is 11.5 Å². The number of amides is 4. The van der Waals surface area contributed by atoms with Gasteiger partial charge in [-0.3, -0.25) is 29.3 Å². The van der Waals surface area contributed by atoms with E-state index in [4.69, 9.17) is 0 Å². The number of phenols is 2. The molecule has 0 aliphatic carbocycles. The molecule has 17 heteroatoms. The zero-order valence-corrected chi connectivity index (χ0v) is 29.8. The number of carbonyl (C=O) groups is 3. The van der Waals surface area contributed by atoms with E-state index < -0.39 is 47.9 Å². The minimum Gasteiger partial charge on any atom is -0.508 e. The molecule has 0 radical (unpaired) electrons. The number of hydrogen-bond donors (Lipinski definition) is 8. The maximum atomic E-state index is 13.1. The third-order valence-electron chi connectivity index (χ3n) is 8.39. The molecular formula is C37H30N4O11S2. The molecule has 0 aromatic heterocycles. The monoisotopic (exact) mass is 770 g/mol. The van der Waals surface area contributed by atoms with Crippen LogP contribution in [0.1, 0.15) is 31.8 Å². The van der Waals surface area contributed by atoms with Crippen LogP contribution in [0.2, 0.25) is 0 Å². The molecule has 54 heavy (non-hydrogen) atoms. The second kappa shape index (κ2) is 14.1. The fourth-order valence-electron chi connectivity index (χ4n) is 5.62. The maximum absolute atomic E-state index is 13.1. The molecule has 6 aromatic carbocycles. The number of benzene rings is 6. The number of rotatable bonds is 8. The molecule has 0 fully saturated rings. The second-order valence-corrected chi connectivity index (χ2v) is 15.0. The Morgan fingerprint density at radius 2 is 0.870 bits per heavy atom. The lowest BCUT2D eigenvalue weighted by molar-refractivity contribution is 0.0944. The number of hydrogen-bond acceptors (Lipinski definition) is 11. The molecule has 0 saturated heterocycles. The Labute approximate surface area is 307 Å². The Hall–Kier alpha value is -6.53. The van der Waals surface area contributed by atoms with Crippen molar-refractivity contribution in [2.75, 3.05) is 10.6 Å². The molecule has 15 nitrogen and oxygen atoms in total. The summed E-state index contributed by atoms with van der Waals surface area (Å²) in [4.78, 5) is 38.0. The van der Waals surface area contributed by atoms with Crippen LogP contribution in [-0.4, -0.2) is 54.0 Å². The number of fused-ring (bicyclic) bond motifs is 2. The van der Waals surface area contributed by atoms with Crippen molar-refractivity contribution in [1.29, 1.82) is 0 Å². The lowest BCUT2D eigenvalue weighted by Gasteiger charge is -2.16. The minimum atomic E-state index is -4.72. The Morgan fingerprint density at radius 3 is 1.24 bits per heavy atom. The van der Waals surface area contributed by atoms with E-state index in [9.17, 15) is 50.5 Å². The third kappa shape index (κ3) is 8.08. The van der Waals surface area contributed by atoms with Gasteiger partial charge in [0.05, 0.1) is 11.4 Å². The number of nitrogens with one attached hydrogen (secondary N) is 4. The number of phenolic OH excluding ortho intramolecular Hbond substituents is 2. The molecule has 6 rings (SSSR count). The summed E-state index contributed by atoms with van der Waals surface area (Å²) in [5, 5.41) is 31.4. The molecule has 0 spiro atoms. The number of imide groups is 2. The number of urea groups is 1. The van der Waals surface area contributed by atoms with Gasteiger partial charge in [-0.2, -0.15) is 16.8 Å². The average Bonchev–Trinajstić information content (AvgIpc) is 3.08. The number of aryl methyl sites for hydroxylation is 2. The van der Waals surface area contributed by atoms with Gasteiger partial charge in [0.25, 0.3) is 32.1 Å². The summed E-state index contributed by atoms with van der Waals surface area (Å²) >= 11 is 0. The van der Waals surface area contributed by atoms with Crippen LogP contribution >= 0.6 is 0 Å². The molecule has 0 unspecified atom stereocenters. The first-order valence-electron chi connectivity index (χ1n) is 15.8. The van der Waals surface area contributed by atoms with Crippen LogP contribution < -0.4 is 21.3 Å². The summed E-state index contributed by atoms with van der Waals surface area (Å²) in [6, 6.07) is 21.0. The molecule has 0 bridgehead atoms. The van der Waals surface area contributed by atoms with Gasteiger partial charge >= 0.3 is 6.03 Å². The van der Waals surface area contributed by atoms with Gasteiger partial charge in [0.1, 0.15) is 21.3 Å². The van der Waals surface area contributed by atoms with E-state index in [1.54, 1.807) is 13.8 Å². The predicted octanol–water partition coefficient (Wildman–Crippen LogP) is 6.28. The SMILES string of the molecule is Cc1ccc(C(=O)NC(=O)NC(=O)c2ccc(C)c(Nc3cc4cc(O)ccc4cc3S(=O)(=O)O)c2)cc1Nc1cc2cc(O)ccc2cc1S(=O)(=O)O. The highest BCUT2D eigenvalue weighted by atomic mass is 32.2. The van der Waals surface area contributed by atoms with Crippen molar-refractivity contribution in [3.8, 4) is 11.5 Å². The van der Waals surface area contributed by atoms with Crippen molar-refractivity contribution < 1.29 is 50.5 Å². The number of anilines is 4. The second-order valence-electron chi connectivity index (χ2n) is 12.3. The zero-order valence-electron chi connectivity index (χ0n) is 28.2. The van der Waals surface area contributed by atoms with Gasteiger partial charge in [-0.25, -0.2) is 4.79 Å². The van der Waals surface area contributed by atoms with Crippen LogP contribution in [0.4, 0.5) is 27.5 Å². The van der Waals surface area contributed by atoms with Crippen LogP contribution in [0, 0.1) is 13.8 Å². The Morgan fingerprint density at radius 1 is 0.481 bits per heavy atom. The molecule has 0 aliphatic rings. The highest BCUT2D eigenvalue weighted by Gasteiger charge is 2.21. The minimum absolute atomic E-state index is 0.0549. The number of carbonyl (C=O) groups excluding carboxylic acids is 3. The standard InChI is InChI=1S/C37H30N4O11S2/c1-19-3-5-23(13-29(19)38-31-15-25-11-27(42)9-7-21(25)17-33(31)53(47,48)49)35(44)40-37(46)41-36(45)24-6-4-20(2)30(14-24)39-32-16-26-12-28(43)10-8-22(26)18-34(32)54(50,51)52/h3-18,38-39,42-43H,1-2H3,(H,47,48,49)(H,50,51,52)(H2,40,41,44,45,46). The van der Waals surface area contributed by atoms with Gasteiger partial charge in [0.15, 0.2) is 0 Å². The summed E-state index contributed by atoms with van der Waals surface area (Å²) < 4.78 is 68.8. The predicted molar refractivity (Wildman–Crippen MR) is 200 cm³/mol. The average molecular weight is 771 g/mol.